The molecule has 1 aliphatic rings. The molecule has 0 aliphatic heterocycles. The molecule has 2 aromatic rings. The molecular formula is C24H31N3O4. The second kappa shape index (κ2) is 10.9. The highest BCUT2D eigenvalue weighted by Gasteiger charge is 2.22. The lowest BCUT2D eigenvalue weighted by Gasteiger charge is -2.17. The number of nitrogens with one attached hydrogen (secondary N) is 1. The maximum absolute atomic E-state index is 12.1. The molecule has 0 bridgehead atoms. The van der Waals surface area contributed by atoms with Gasteiger partial charge < -0.3 is 19.4 Å². The molecule has 1 atom stereocenters. The second-order valence-corrected chi connectivity index (χ2v) is 8.00. The molecule has 1 aliphatic carbocycles. The molecule has 1 aromatic carbocycles. The summed E-state index contributed by atoms with van der Waals surface area (Å²) in [7, 11) is 1.73. The maximum atomic E-state index is 12.1. The van der Waals surface area contributed by atoms with Crippen LogP contribution in [0.4, 0.5) is 5.69 Å². The van der Waals surface area contributed by atoms with Crippen molar-refractivity contribution in [3.8, 4) is 5.75 Å². The average molecular weight is 426 g/mol. The largest absolute Gasteiger partial charge is 0.492 e. The number of nitrogens with zero attached hydrogens (tertiary/aromatic N) is 2. The van der Waals surface area contributed by atoms with Crippen molar-refractivity contribution in [3.63, 3.8) is 0 Å². The summed E-state index contributed by atoms with van der Waals surface area (Å²) in [6, 6.07) is 8.94. The summed E-state index contributed by atoms with van der Waals surface area (Å²) < 4.78 is 12.8. The van der Waals surface area contributed by atoms with Crippen molar-refractivity contribution in [2.24, 2.45) is 12.0 Å². The summed E-state index contributed by atoms with van der Waals surface area (Å²) in [4.78, 5) is 28.4. The molecule has 1 aromatic heterocycles. The number of aliphatic imine (C=N–C) groups is 1. The predicted molar refractivity (Wildman–Crippen MR) is 121 cm³/mol. The number of pyridine rings is 1. The minimum Gasteiger partial charge on any atom is -0.492 e. The number of aryl methyl sites for hydroxylation is 2. The van der Waals surface area contributed by atoms with E-state index in [1.165, 1.54) is 0 Å². The van der Waals surface area contributed by atoms with Gasteiger partial charge in [-0.3, -0.25) is 14.6 Å². The zero-order chi connectivity index (χ0) is 22.2. The normalized spacial score (nSPS) is 15.3. The molecule has 0 saturated heterocycles. The van der Waals surface area contributed by atoms with Crippen LogP contribution in [0.3, 0.4) is 0 Å². The van der Waals surface area contributed by atoms with Gasteiger partial charge in [0.1, 0.15) is 24.5 Å². The van der Waals surface area contributed by atoms with E-state index < -0.39 is 0 Å². The van der Waals surface area contributed by atoms with Crippen molar-refractivity contribution in [1.82, 2.24) is 9.88 Å². The molecule has 7 heteroatoms. The number of rotatable bonds is 9. The number of carbonyl (C=O) groups excluding carboxylic acids is 1. The zero-order valence-corrected chi connectivity index (χ0v) is 18.5. The molecule has 1 unspecified atom stereocenters. The highest BCUT2D eigenvalue weighted by Crippen LogP contribution is 2.21. The van der Waals surface area contributed by atoms with Gasteiger partial charge in [-0.15, -0.1) is 0 Å². The van der Waals surface area contributed by atoms with Gasteiger partial charge in [-0.05, 0) is 57.7 Å². The van der Waals surface area contributed by atoms with Crippen LogP contribution in [0.25, 0.3) is 0 Å². The highest BCUT2D eigenvalue weighted by atomic mass is 16.5. The monoisotopic (exact) mass is 425 g/mol. The number of carbonyl (C=O) groups is 1. The van der Waals surface area contributed by atoms with Crippen molar-refractivity contribution in [3.05, 3.63) is 58.0 Å². The van der Waals surface area contributed by atoms with Gasteiger partial charge in [0.05, 0.1) is 5.69 Å². The lowest BCUT2D eigenvalue weighted by molar-refractivity contribution is -0.150. The Labute approximate surface area is 183 Å². The summed E-state index contributed by atoms with van der Waals surface area (Å²) in [6.45, 7) is 4.56. The number of esters is 1. The van der Waals surface area contributed by atoms with Crippen LogP contribution in [0.5, 0.6) is 5.75 Å². The van der Waals surface area contributed by atoms with Crippen molar-refractivity contribution >= 4 is 17.9 Å². The number of aromatic nitrogens is 1. The standard InChI is InChI=1S/C24H31N3O4/c1-17-13-19(16-27(3)23(17)28)15-26-20-7-6-10-22(14-20)30-12-11-25-18(2)24(29)31-21-8-4-5-9-21/h6-7,10,13-16,18,21,25H,4-5,8-9,11-12H2,1-3H3/b26-15+. The first-order valence-electron chi connectivity index (χ1n) is 10.8. The smallest absolute Gasteiger partial charge is 0.323 e. The third-order valence-corrected chi connectivity index (χ3v) is 5.32. The first-order chi connectivity index (χ1) is 14.9. The van der Waals surface area contributed by atoms with Gasteiger partial charge in [0.15, 0.2) is 0 Å². The Hall–Kier alpha value is -2.93. The Morgan fingerprint density at radius 2 is 2.10 bits per heavy atom. The Morgan fingerprint density at radius 3 is 2.84 bits per heavy atom. The average Bonchev–Trinajstić information content (AvgIpc) is 3.26. The molecule has 166 valence electrons. The Kier molecular flexibility index (Phi) is 8.00. The number of ether oxygens (including phenoxy) is 2. The molecule has 3 rings (SSSR count). The fraction of sp³-hybridized carbons (Fsp3) is 0.458. The maximum Gasteiger partial charge on any atom is 0.323 e. The lowest BCUT2D eigenvalue weighted by Crippen LogP contribution is -2.39. The van der Waals surface area contributed by atoms with E-state index in [1.54, 1.807) is 30.9 Å². The van der Waals surface area contributed by atoms with Gasteiger partial charge >= 0.3 is 5.97 Å². The predicted octanol–water partition coefficient (Wildman–Crippen LogP) is 3.29. The molecule has 1 heterocycles. The summed E-state index contributed by atoms with van der Waals surface area (Å²) >= 11 is 0. The fourth-order valence-electron chi connectivity index (χ4n) is 3.58. The van der Waals surface area contributed by atoms with Crippen molar-refractivity contribution < 1.29 is 14.3 Å². The van der Waals surface area contributed by atoms with E-state index in [1.807, 2.05) is 37.3 Å². The van der Waals surface area contributed by atoms with Crippen LogP contribution in [-0.4, -0.2) is 42.0 Å². The zero-order valence-electron chi connectivity index (χ0n) is 18.5. The quantitative estimate of drug-likeness (QED) is 0.379. The van der Waals surface area contributed by atoms with Crippen LogP contribution in [0.1, 0.15) is 43.7 Å². The van der Waals surface area contributed by atoms with Gasteiger partial charge in [-0.2, -0.15) is 0 Å². The molecule has 0 amide bonds. The highest BCUT2D eigenvalue weighted by molar-refractivity contribution is 5.81. The summed E-state index contributed by atoms with van der Waals surface area (Å²) in [6.07, 6.45) is 7.79. The minimum absolute atomic E-state index is 0.0118. The first kappa shape index (κ1) is 22.7. The van der Waals surface area contributed by atoms with Crippen LogP contribution in [0, 0.1) is 6.92 Å². The molecular weight excluding hydrogens is 394 g/mol. The first-order valence-corrected chi connectivity index (χ1v) is 10.8. The molecule has 31 heavy (non-hydrogen) atoms. The molecule has 1 fully saturated rings. The Morgan fingerprint density at radius 1 is 1.32 bits per heavy atom. The van der Waals surface area contributed by atoms with Gasteiger partial charge in [0, 0.05) is 43.2 Å². The van der Waals surface area contributed by atoms with Crippen LogP contribution in [-0.2, 0) is 16.6 Å². The van der Waals surface area contributed by atoms with E-state index in [0.717, 1.165) is 36.9 Å². The number of hydrogen-bond donors (Lipinski definition) is 1. The van der Waals surface area contributed by atoms with Gasteiger partial charge in [-0.1, -0.05) is 6.07 Å². The molecule has 1 saturated carbocycles. The third kappa shape index (κ3) is 6.79. The topological polar surface area (TPSA) is 81.9 Å². The van der Waals surface area contributed by atoms with Crippen LogP contribution in [0.2, 0.25) is 0 Å². The minimum atomic E-state index is -0.356. The molecule has 0 radical (unpaired) electrons. The van der Waals surface area contributed by atoms with Crippen LogP contribution >= 0.6 is 0 Å². The van der Waals surface area contributed by atoms with E-state index >= 15 is 0 Å². The van der Waals surface area contributed by atoms with Crippen LogP contribution < -0.4 is 15.6 Å². The van der Waals surface area contributed by atoms with E-state index in [4.69, 9.17) is 9.47 Å². The summed E-state index contributed by atoms with van der Waals surface area (Å²) in [5.41, 5.74) is 2.28. The second-order valence-electron chi connectivity index (χ2n) is 8.00. The van der Waals surface area contributed by atoms with Crippen molar-refractivity contribution in [2.45, 2.75) is 51.7 Å². The van der Waals surface area contributed by atoms with Gasteiger partial charge in [-0.25, -0.2) is 0 Å². The van der Waals surface area contributed by atoms with Crippen molar-refractivity contribution in [1.29, 1.82) is 0 Å². The number of hydrogen-bond acceptors (Lipinski definition) is 6. The Bertz CT molecular complexity index is 951. The van der Waals surface area contributed by atoms with E-state index in [0.29, 0.717) is 24.5 Å². The van der Waals surface area contributed by atoms with Crippen LogP contribution in [0.15, 0.2) is 46.3 Å². The molecule has 1 N–H and O–H groups in total. The van der Waals surface area contributed by atoms with E-state index in [-0.39, 0.29) is 23.7 Å². The summed E-state index contributed by atoms with van der Waals surface area (Å²) in [5, 5.41) is 3.15. The van der Waals surface area contributed by atoms with Crippen molar-refractivity contribution in [2.75, 3.05) is 13.2 Å². The lowest BCUT2D eigenvalue weighted by atomic mass is 10.2. The fourth-order valence-corrected chi connectivity index (χ4v) is 3.58. The van der Waals surface area contributed by atoms with E-state index in [2.05, 4.69) is 10.3 Å². The van der Waals surface area contributed by atoms with E-state index in [9.17, 15) is 9.59 Å². The molecule has 7 nitrogen and oxygen atoms in total. The SMILES string of the molecule is Cc1cc(/C=N/c2cccc(OCCNC(C)C(=O)OC3CCCC3)c2)cn(C)c1=O. The number of benzene rings is 1. The van der Waals surface area contributed by atoms with Gasteiger partial charge in [0.25, 0.3) is 5.56 Å². The summed E-state index contributed by atoms with van der Waals surface area (Å²) in [5.74, 6) is 0.506. The third-order valence-electron chi connectivity index (χ3n) is 5.32. The molecule has 0 spiro atoms. The van der Waals surface area contributed by atoms with Gasteiger partial charge in [0.2, 0.25) is 0 Å². The Balaban J connectivity index is 1.46.